The molecule has 0 spiro atoms. The number of rotatable bonds is 9. The standard InChI is InChI=1S/C13H27/c1-4-7-9-10-12-13(6-3)11-8-5-2/h12-13H,4-11H2,1-3H3. The normalized spacial score (nSPS) is 13.2. The molecule has 0 aromatic rings. The van der Waals surface area contributed by atoms with Gasteiger partial charge in [-0.25, -0.2) is 0 Å². The van der Waals surface area contributed by atoms with E-state index in [1.54, 1.807) is 0 Å². The highest BCUT2D eigenvalue weighted by Gasteiger charge is 2.04. The molecule has 0 aliphatic carbocycles. The largest absolute Gasteiger partial charge is 0.0654 e. The first-order valence-electron chi connectivity index (χ1n) is 6.18. The molecule has 79 valence electrons. The van der Waals surface area contributed by atoms with E-state index in [0.717, 1.165) is 5.92 Å². The third-order valence-electron chi connectivity index (χ3n) is 2.76. The molecule has 0 heterocycles. The predicted molar refractivity (Wildman–Crippen MR) is 61.7 cm³/mol. The van der Waals surface area contributed by atoms with Gasteiger partial charge in [0.25, 0.3) is 0 Å². The van der Waals surface area contributed by atoms with Crippen LogP contribution in [0.2, 0.25) is 0 Å². The lowest BCUT2D eigenvalue weighted by atomic mass is 9.93. The number of hydrogen-bond acceptors (Lipinski definition) is 0. The molecular weight excluding hydrogens is 156 g/mol. The van der Waals surface area contributed by atoms with Gasteiger partial charge in [-0.15, -0.1) is 0 Å². The molecule has 0 N–H and O–H groups in total. The molecule has 0 heteroatoms. The van der Waals surface area contributed by atoms with Gasteiger partial charge >= 0.3 is 0 Å². The van der Waals surface area contributed by atoms with Gasteiger partial charge in [-0.2, -0.15) is 0 Å². The molecule has 13 heavy (non-hydrogen) atoms. The highest BCUT2D eigenvalue weighted by atomic mass is 14.1. The van der Waals surface area contributed by atoms with Gasteiger partial charge < -0.3 is 0 Å². The smallest absolute Gasteiger partial charge is 0.0355 e. The van der Waals surface area contributed by atoms with Crippen molar-refractivity contribution in [2.24, 2.45) is 5.92 Å². The summed E-state index contributed by atoms with van der Waals surface area (Å²) in [7, 11) is 0. The van der Waals surface area contributed by atoms with E-state index in [1.165, 1.54) is 51.4 Å². The SMILES string of the molecule is CCCCC[CH]C(CC)CCCC. The van der Waals surface area contributed by atoms with E-state index in [0.29, 0.717) is 0 Å². The van der Waals surface area contributed by atoms with Gasteiger partial charge in [0.1, 0.15) is 0 Å². The Kier molecular flexibility index (Phi) is 10.1. The third kappa shape index (κ3) is 8.33. The Bertz CT molecular complexity index is 86.0. The van der Waals surface area contributed by atoms with Crippen LogP contribution in [0.15, 0.2) is 0 Å². The van der Waals surface area contributed by atoms with Crippen molar-refractivity contribution in [3.05, 3.63) is 6.42 Å². The summed E-state index contributed by atoms with van der Waals surface area (Å²) in [5.41, 5.74) is 0. The monoisotopic (exact) mass is 183 g/mol. The van der Waals surface area contributed by atoms with Crippen LogP contribution in [0.3, 0.4) is 0 Å². The average molecular weight is 183 g/mol. The van der Waals surface area contributed by atoms with Crippen molar-refractivity contribution in [3.8, 4) is 0 Å². The summed E-state index contributed by atoms with van der Waals surface area (Å²) < 4.78 is 0. The van der Waals surface area contributed by atoms with E-state index < -0.39 is 0 Å². The van der Waals surface area contributed by atoms with E-state index >= 15 is 0 Å². The highest BCUT2D eigenvalue weighted by Crippen LogP contribution is 2.18. The van der Waals surface area contributed by atoms with Crippen molar-refractivity contribution in [1.82, 2.24) is 0 Å². The van der Waals surface area contributed by atoms with Gasteiger partial charge in [0, 0.05) is 0 Å². The van der Waals surface area contributed by atoms with Crippen LogP contribution in [0.4, 0.5) is 0 Å². The van der Waals surface area contributed by atoms with Crippen molar-refractivity contribution in [3.63, 3.8) is 0 Å². The molecule has 0 bridgehead atoms. The van der Waals surface area contributed by atoms with Crippen molar-refractivity contribution in [2.45, 2.75) is 72.1 Å². The minimum atomic E-state index is 0.900. The summed E-state index contributed by atoms with van der Waals surface area (Å²) >= 11 is 0. The highest BCUT2D eigenvalue weighted by molar-refractivity contribution is 4.74. The Morgan fingerprint density at radius 3 is 2.15 bits per heavy atom. The second-order valence-corrected chi connectivity index (χ2v) is 4.04. The van der Waals surface area contributed by atoms with Crippen LogP contribution in [-0.4, -0.2) is 0 Å². The predicted octanol–water partition coefficient (Wildman–Crippen LogP) is 4.99. The first-order chi connectivity index (χ1) is 6.35. The van der Waals surface area contributed by atoms with Gasteiger partial charge in [0.2, 0.25) is 0 Å². The van der Waals surface area contributed by atoms with Gasteiger partial charge in [-0.1, -0.05) is 65.7 Å². The van der Waals surface area contributed by atoms with Crippen molar-refractivity contribution in [1.29, 1.82) is 0 Å². The molecule has 0 saturated heterocycles. The summed E-state index contributed by atoms with van der Waals surface area (Å²) in [5.74, 6) is 0.900. The van der Waals surface area contributed by atoms with Gasteiger partial charge in [0.05, 0.1) is 0 Å². The maximum atomic E-state index is 2.56. The molecule has 0 nitrogen and oxygen atoms in total. The van der Waals surface area contributed by atoms with Gasteiger partial charge in [0.15, 0.2) is 0 Å². The zero-order valence-corrected chi connectivity index (χ0v) is 9.81. The Morgan fingerprint density at radius 1 is 0.923 bits per heavy atom. The van der Waals surface area contributed by atoms with E-state index in [2.05, 4.69) is 27.2 Å². The van der Waals surface area contributed by atoms with Crippen LogP contribution in [0.25, 0.3) is 0 Å². The molecule has 0 rings (SSSR count). The van der Waals surface area contributed by atoms with E-state index in [-0.39, 0.29) is 0 Å². The Hall–Kier alpha value is 0. The zero-order valence-electron chi connectivity index (χ0n) is 9.81. The molecular formula is C13H27. The van der Waals surface area contributed by atoms with Crippen LogP contribution < -0.4 is 0 Å². The summed E-state index contributed by atoms with van der Waals surface area (Å²) in [6.07, 6.45) is 13.6. The van der Waals surface area contributed by atoms with Crippen molar-refractivity contribution >= 4 is 0 Å². The van der Waals surface area contributed by atoms with Crippen LogP contribution in [-0.2, 0) is 0 Å². The summed E-state index contributed by atoms with van der Waals surface area (Å²) in [6, 6.07) is 0. The molecule has 0 fully saturated rings. The fourth-order valence-corrected chi connectivity index (χ4v) is 1.70. The number of unbranched alkanes of at least 4 members (excludes halogenated alkanes) is 4. The van der Waals surface area contributed by atoms with E-state index in [1.807, 2.05) is 0 Å². The molecule has 1 unspecified atom stereocenters. The lowest BCUT2D eigenvalue weighted by Crippen LogP contribution is -1.99. The summed E-state index contributed by atoms with van der Waals surface area (Å²) in [6.45, 7) is 6.87. The van der Waals surface area contributed by atoms with Crippen molar-refractivity contribution < 1.29 is 0 Å². The molecule has 0 aromatic heterocycles. The lowest BCUT2D eigenvalue weighted by Gasteiger charge is -2.13. The minimum absolute atomic E-state index is 0.900. The van der Waals surface area contributed by atoms with Crippen LogP contribution in [0.5, 0.6) is 0 Å². The maximum Gasteiger partial charge on any atom is -0.0355 e. The molecule has 0 saturated carbocycles. The Balaban J connectivity index is 3.25. The number of hydrogen-bond donors (Lipinski definition) is 0. The first kappa shape index (κ1) is 13.0. The van der Waals surface area contributed by atoms with Crippen molar-refractivity contribution in [2.75, 3.05) is 0 Å². The zero-order chi connectivity index (χ0) is 9.94. The van der Waals surface area contributed by atoms with E-state index in [4.69, 9.17) is 0 Å². The van der Waals surface area contributed by atoms with Crippen LogP contribution in [0, 0.1) is 12.3 Å². The van der Waals surface area contributed by atoms with Gasteiger partial charge in [-0.05, 0) is 18.8 Å². The topological polar surface area (TPSA) is 0 Å². The first-order valence-corrected chi connectivity index (χ1v) is 6.18. The van der Waals surface area contributed by atoms with E-state index in [9.17, 15) is 0 Å². The molecule has 1 atom stereocenters. The summed E-state index contributed by atoms with van der Waals surface area (Å²) in [5, 5.41) is 0. The maximum absolute atomic E-state index is 2.56. The fraction of sp³-hybridized carbons (Fsp3) is 0.923. The van der Waals surface area contributed by atoms with Crippen LogP contribution >= 0.6 is 0 Å². The molecule has 0 aromatic carbocycles. The molecule has 0 aliphatic rings. The minimum Gasteiger partial charge on any atom is -0.0654 e. The molecule has 1 radical (unpaired) electrons. The Morgan fingerprint density at radius 2 is 1.62 bits per heavy atom. The fourth-order valence-electron chi connectivity index (χ4n) is 1.70. The van der Waals surface area contributed by atoms with Gasteiger partial charge in [-0.3, -0.25) is 0 Å². The molecule has 0 aliphatic heterocycles. The van der Waals surface area contributed by atoms with Crippen LogP contribution in [0.1, 0.15) is 72.1 Å². The quantitative estimate of drug-likeness (QED) is 0.442. The lowest BCUT2D eigenvalue weighted by molar-refractivity contribution is 0.486. The average Bonchev–Trinajstić information content (AvgIpc) is 2.17. The summed E-state index contributed by atoms with van der Waals surface area (Å²) in [4.78, 5) is 0. The second-order valence-electron chi connectivity index (χ2n) is 4.04. The third-order valence-corrected chi connectivity index (χ3v) is 2.76. The Labute approximate surface area is 85.1 Å². The molecule has 0 amide bonds. The second kappa shape index (κ2) is 10.1.